The minimum absolute atomic E-state index is 0.463. The highest BCUT2D eigenvalue weighted by Gasteiger charge is 2.47. The van der Waals surface area contributed by atoms with Crippen molar-refractivity contribution in [3.63, 3.8) is 0 Å². The van der Waals surface area contributed by atoms with E-state index in [0.717, 1.165) is 33.6 Å². The SMILES string of the molecule is c1ccc(C2(c3ccccc3)c3ccccc3-c3ccc(-c4ccc(N(c5ccc6c(c5)C(c5ccccc5)(c5ccccc5)c5ccccc5-6)c5ccc6occc6c5)cc4)cc32)cc1. The molecule has 66 heavy (non-hydrogen) atoms. The minimum atomic E-state index is -0.517. The lowest BCUT2D eigenvalue weighted by atomic mass is 9.67. The van der Waals surface area contributed by atoms with Crippen LogP contribution in [-0.4, -0.2) is 0 Å². The quantitative estimate of drug-likeness (QED) is 0.152. The standard InChI is InChI=1S/C64H43NO/c1-5-17-47(18-6-1)63(48-19-7-2-8-20-48)58-27-15-13-25-54(58)56-36-31-45(42-60(56)63)44-29-32-51(33-30-44)65(52-35-38-62-46(41-52)39-40-66-62)53-34-37-57-55-26-14-16-28-59(55)64(61(57)43-53,49-21-9-3-10-22-49)50-23-11-4-12-24-50/h1-43H. The van der Waals surface area contributed by atoms with E-state index in [9.17, 15) is 0 Å². The molecule has 2 heteroatoms. The topological polar surface area (TPSA) is 16.4 Å². The number of benzene rings is 10. The van der Waals surface area contributed by atoms with Gasteiger partial charge in [-0.25, -0.2) is 0 Å². The second kappa shape index (κ2) is 15.1. The molecule has 10 aromatic carbocycles. The van der Waals surface area contributed by atoms with Gasteiger partial charge in [0.2, 0.25) is 0 Å². The number of anilines is 3. The zero-order valence-corrected chi connectivity index (χ0v) is 36.2. The Labute approximate surface area is 385 Å². The predicted molar refractivity (Wildman–Crippen MR) is 271 cm³/mol. The van der Waals surface area contributed by atoms with Crippen LogP contribution in [0.5, 0.6) is 0 Å². The number of nitrogens with zero attached hydrogens (tertiary/aromatic N) is 1. The molecule has 0 N–H and O–H groups in total. The molecular formula is C64H43NO. The summed E-state index contributed by atoms with van der Waals surface area (Å²) in [5.41, 5.74) is 20.7. The van der Waals surface area contributed by atoms with Crippen molar-refractivity contribution in [3.8, 4) is 33.4 Å². The van der Waals surface area contributed by atoms with E-state index in [1.54, 1.807) is 6.26 Å². The van der Waals surface area contributed by atoms with Gasteiger partial charge in [-0.15, -0.1) is 0 Å². The highest BCUT2D eigenvalue weighted by molar-refractivity contribution is 5.92. The molecule has 13 rings (SSSR count). The molecule has 0 aliphatic heterocycles. The van der Waals surface area contributed by atoms with Gasteiger partial charge < -0.3 is 9.32 Å². The molecule has 0 spiro atoms. The molecule has 0 saturated heterocycles. The van der Waals surface area contributed by atoms with Gasteiger partial charge in [0.25, 0.3) is 0 Å². The predicted octanol–water partition coefficient (Wildman–Crippen LogP) is 16.3. The second-order valence-corrected chi connectivity index (χ2v) is 17.6. The summed E-state index contributed by atoms with van der Waals surface area (Å²) in [7, 11) is 0. The van der Waals surface area contributed by atoms with Crippen molar-refractivity contribution in [1.82, 2.24) is 0 Å². The van der Waals surface area contributed by atoms with Crippen LogP contribution in [0, 0.1) is 0 Å². The Bertz CT molecular complexity index is 3490. The monoisotopic (exact) mass is 841 g/mol. The first kappa shape index (κ1) is 38.0. The van der Waals surface area contributed by atoms with Crippen molar-refractivity contribution in [1.29, 1.82) is 0 Å². The average Bonchev–Trinajstić information content (AvgIpc) is 4.08. The fourth-order valence-corrected chi connectivity index (χ4v) is 11.5. The third-order valence-electron chi connectivity index (χ3n) is 14.3. The van der Waals surface area contributed by atoms with Gasteiger partial charge >= 0.3 is 0 Å². The van der Waals surface area contributed by atoms with Crippen LogP contribution < -0.4 is 4.90 Å². The maximum Gasteiger partial charge on any atom is 0.133 e. The van der Waals surface area contributed by atoms with Gasteiger partial charge in [0.15, 0.2) is 0 Å². The van der Waals surface area contributed by atoms with E-state index in [1.807, 2.05) is 6.07 Å². The van der Waals surface area contributed by atoms with Crippen molar-refractivity contribution >= 4 is 28.0 Å². The molecule has 0 atom stereocenters. The van der Waals surface area contributed by atoms with Crippen LogP contribution >= 0.6 is 0 Å². The van der Waals surface area contributed by atoms with Gasteiger partial charge in [0.1, 0.15) is 5.58 Å². The van der Waals surface area contributed by atoms with Crippen LogP contribution in [0.2, 0.25) is 0 Å². The summed E-state index contributed by atoms with van der Waals surface area (Å²) >= 11 is 0. The third kappa shape index (κ3) is 5.55. The lowest BCUT2D eigenvalue weighted by molar-refractivity contribution is 0.616. The van der Waals surface area contributed by atoms with Crippen molar-refractivity contribution in [2.45, 2.75) is 10.8 Å². The molecule has 2 nitrogen and oxygen atoms in total. The first-order chi connectivity index (χ1) is 32.7. The summed E-state index contributed by atoms with van der Waals surface area (Å²) in [4.78, 5) is 2.40. The number of hydrogen-bond donors (Lipinski definition) is 0. The molecule has 0 radical (unpaired) electrons. The molecule has 2 aliphatic carbocycles. The van der Waals surface area contributed by atoms with Crippen LogP contribution in [0.4, 0.5) is 17.1 Å². The van der Waals surface area contributed by atoms with Crippen LogP contribution in [0.15, 0.2) is 265 Å². The Hall–Kier alpha value is -8.46. The van der Waals surface area contributed by atoms with Crippen LogP contribution in [-0.2, 0) is 10.8 Å². The molecule has 0 fully saturated rings. The molecular weight excluding hydrogens is 799 g/mol. The molecule has 1 heterocycles. The van der Waals surface area contributed by atoms with Gasteiger partial charge in [-0.3, -0.25) is 0 Å². The molecule has 0 amide bonds. The number of hydrogen-bond acceptors (Lipinski definition) is 2. The summed E-state index contributed by atoms with van der Waals surface area (Å²) in [6, 6.07) is 93.9. The van der Waals surface area contributed by atoms with Crippen molar-refractivity contribution in [3.05, 3.63) is 306 Å². The molecule has 1 aromatic heterocycles. The lowest BCUT2D eigenvalue weighted by Crippen LogP contribution is -2.28. The van der Waals surface area contributed by atoms with E-state index in [2.05, 4.69) is 254 Å². The Morgan fingerprint density at radius 2 is 0.697 bits per heavy atom. The second-order valence-electron chi connectivity index (χ2n) is 17.6. The van der Waals surface area contributed by atoms with Gasteiger partial charge in [-0.2, -0.15) is 0 Å². The Kier molecular flexibility index (Phi) is 8.69. The summed E-state index contributed by atoms with van der Waals surface area (Å²) in [5, 5.41) is 1.06. The van der Waals surface area contributed by atoms with Crippen molar-refractivity contribution in [2.24, 2.45) is 0 Å². The van der Waals surface area contributed by atoms with Crippen molar-refractivity contribution < 1.29 is 4.42 Å². The maximum absolute atomic E-state index is 5.86. The fourth-order valence-electron chi connectivity index (χ4n) is 11.5. The first-order valence-electron chi connectivity index (χ1n) is 22.8. The van der Waals surface area contributed by atoms with Crippen molar-refractivity contribution in [2.75, 3.05) is 4.90 Å². The van der Waals surface area contributed by atoms with E-state index in [0.29, 0.717) is 0 Å². The first-order valence-corrected chi connectivity index (χ1v) is 22.8. The lowest BCUT2D eigenvalue weighted by Gasteiger charge is -2.35. The van der Waals surface area contributed by atoms with E-state index >= 15 is 0 Å². The van der Waals surface area contributed by atoms with E-state index in [4.69, 9.17) is 4.42 Å². The number of furan rings is 1. The van der Waals surface area contributed by atoms with E-state index in [1.165, 1.54) is 72.3 Å². The summed E-state index contributed by atoms with van der Waals surface area (Å²) in [6.07, 6.45) is 1.77. The normalized spacial score (nSPS) is 13.7. The van der Waals surface area contributed by atoms with Gasteiger partial charge in [-0.05, 0) is 132 Å². The highest BCUT2D eigenvalue weighted by atomic mass is 16.3. The number of fused-ring (bicyclic) bond motifs is 7. The highest BCUT2D eigenvalue weighted by Crippen LogP contribution is 2.59. The Morgan fingerprint density at radius 3 is 1.24 bits per heavy atom. The maximum atomic E-state index is 5.86. The molecule has 11 aromatic rings. The van der Waals surface area contributed by atoms with Crippen LogP contribution in [0.25, 0.3) is 44.3 Å². The number of rotatable bonds is 8. The summed E-state index contributed by atoms with van der Waals surface area (Å²) in [5.74, 6) is 0. The molecule has 0 unspecified atom stereocenters. The average molecular weight is 842 g/mol. The Balaban J connectivity index is 0.979. The van der Waals surface area contributed by atoms with Gasteiger partial charge in [0, 0.05) is 22.4 Å². The largest absolute Gasteiger partial charge is 0.464 e. The molecule has 2 aliphatic rings. The molecule has 0 bridgehead atoms. The smallest absolute Gasteiger partial charge is 0.133 e. The Morgan fingerprint density at radius 1 is 0.288 bits per heavy atom. The van der Waals surface area contributed by atoms with Crippen LogP contribution in [0.1, 0.15) is 44.5 Å². The van der Waals surface area contributed by atoms with E-state index in [-0.39, 0.29) is 0 Å². The molecule has 310 valence electrons. The summed E-state index contributed by atoms with van der Waals surface area (Å²) in [6.45, 7) is 0. The summed E-state index contributed by atoms with van der Waals surface area (Å²) < 4.78 is 5.86. The van der Waals surface area contributed by atoms with Gasteiger partial charge in [-0.1, -0.05) is 200 Å². The van der Waals surface area contributed by atoms with E-state index < -0.39 is 10.8 Å². The fraction of sp³-hybridized carbons (Fsp3) is 0.0312. The molecule has 0 saturated carbocycles. The third-order valence-corrected chi connectivity index (χ3v) is 14.3. The minimum Gasteiger partial charge on any atom is -0.464 e. The zero-order valence-electron chi connectivity index (χ0n) is 36.2. The zero-order chi connectivity index (χ0) is 43.7. The van der Waals surface area contributed by atoms with Gasteiger partial charge in [0.05, 0.1) is 17.1 Å². The van der Waals surface area contributed by atoms with Crippen LogP contribution in [0.3, 0.4) is 0 Å².